The normalized spacial score (nSPS) is 28.6. The first-order valence-corrected chi connectivity index (χ1v) is 8.57. The lowest BCUT2D eigenvalue weighted by atomic mass is 9.80. The summed E-state index contributed by atoms with van der Waals surface area (Å²) in [6, 6.07) is 0.755. The Morgan fingerprint density at radius 3 is 2.68 bits per heavy atom. The topological polar surface area (TPSA) is 93.2 Å². The van der Waals surface area contributed by atoms with Crippen molar-refractivity contribution in [2.75, 3.05) is 32.8 Å². The van der Waals surface area contributed by atoms with Crippen LogP contribution in [0.2, 0.25) is 0 Å². The predicted octanol–water partition coefficient (Wildman–Crippen LogP) is 0.597. The van der Waals surface area contributed by atoms with Crippen LogP contribution < -0.4 is 11.5 Å². The van der Waals surface area contributed by atoms with Gasteiger partial charge in [0.2, 0.25) is 0 Å². The molecule has 3 rings (SSSR count). The molecule has 1 unspecified atom stereocenters. The second kappa shape index (κ2) is 7.55. The van der Waals surface area contributed by atoms with Gasteiger partial charge in [-0.3, -0.25) is 10.00 Å². The smallest absolute Gasteiger partial charge is 0.0594 e. The van der Waals surface area contributed by atoms with Gasteiger partial charge in [0.1, 0.15) is 0 Å². The molecule has 6 nitrogen and oxygen atoms in total. The van der Waals surface area contributed by atoms with E-state index in [4.69, 9.17) is 16.2 Å². The van der Waals surface area contributed by atoms with Gasteiger partial charge in [-0.25, -0.2) is 0 Å². The number of hydrogen-bond donors (Lipinski definition) is 3. The van der Waals surface area contributed by atoms with Gasteiger partial charge in [-0.05, 0) is 37.2 Å². The lowest BCUT2D eigenvalue weighted by molar-refractivity contribution is 0.00728. The third-order valence-corrected chi connectivity index (χ3v) is 5.22. The summed E-state index contributed by atoms with van der Waals surface area (Å²) < 4.78 is 5.46. The number of aromatic nitrogens is 2. The van der Waals surface area contributed by atoms with Gasteiger partial charge in [0.05, 0.1) is 19.4 Å². The van der Waals surface area contributed by atoms with E-state index in [-0.39, 0.29) is 6.04 Å². The van der Waals surface area contributed by atoms with Crippen LogP contribution in [-0.2, 0) is 11.2 Å². The quantitative estimate of drug-likeness (QED) is 0.740. The summed E-state index contributed by atoms with van der Waals surface area (Å²) in [5.41, 5.74) is 14.2. The van der Waals surface area contributed by atoms with Crippen LogP contribution in [0.1, 0.15) is 42.9 Å². The number of nitrogens with one attached hydrogen (secondary N) is 1. The molecule has 2 aliphatic rings. The van der Waals surface area contributed by atoms with Crippen molar-refractivity contribution in [1.82, 2.24) is 15.1 Å². The van der Waals surface area contributed by atoms with Gasteiger partial charge in [-0.1, -0.05) is 0 Å². The van der Waals surface area contributed by atoms with E-state index in [0.29, 0.717) is 12.5 Å². The van der Waals surface area contributed by atoms with E-state index in [2.05, 4.69) is 15.1 Å². The second-order valence-electron chi connectivity index (χ2n) is 6.66. The Hall–Kier alpha value is -0.950. The molecule has 2 fully saturated rings. The van der Waals surface area contributed by atoms with Crippen molar-refractivity contribution in [1.29, 1.82) is 0 Å². The van der Waals surface area contributed by atoms with Crippen molar-refractivity contribution >= 4 is 0 Å². The van der Waals surface area contributed by atoms with Crippen molar-refractivity contribution in [2.45, 2.75) is 50.1 Å². The van der Waals surface area contributed by atoms with E-state index in [1.807, 2.05) is 6.20 Å². The van der Waals surface area contributed by atoms with Crippen LogP contribution in [0.15, 0.2) is 6.20 Å². The van der Waals surface area contributed by atoms with Crippen LogP contribution in [0.25, 0.3) is 0 Å². The van der Waals surface area contributed by atoms with E-state index in [1.165, 1.54) is 36.9 Å². The van der Waals surface area contributed by atoms with Gasteiger partial charge in [0.15, 0.2) is 0 Å². The van der Waals surface area contributed by atoms with Crippen LogP contribution in [0.3, 0.4) is 0 Å². The highest BCUT2D eigenvalue weighted by molar-refractivity contribution is 5.23. The SMILES string of the molecule is NCC(N)Cc1[nH]ncc1C1CCC(N2CCOCC2)CC1. The van der Waals surface area contributed by atoms with Gasteiger partial charge < -0.3 is 16.2 Å². The highest BCUT2D eigenvalue weighted by atomic mass is 16.5. The standard InChI is InChI=1S/C16H29N5O/c17-10-13(18)9-16-15(11-19-20-16)12-1-3-14(4-2-12)21-5-7-22-8-6-21/h11-14H,1-10,17-18H2,(H,19,20). The third-order valence-electron chi connectivity index (χ3n) is 5.22. The van der Waals surface area contributed by atoms with E-state index in [9.17, 15) is 0 Å². The molecule has 1 aromatic heterocycles. The van der Waals surface area contributed by atoms with Gasteiger partial charge >= 0.3 is 0 Å². The van der Waals surface area contributed by atoms with Crippen LogP contribution in [0.4, 0.5) is 0 Å². The average molecular weight is 307 g/mol. The number of nitrogens with zero attached hydrogens (tertiary/aromatic N) is 2. The number of nitrogens with two attached hydrogens (primary N) is 2. The van der Waals surface area contributed by atoms with Gasteiger partial charge in [-0.15, -0.1) is 0 Å². The molecular formula is C16H29N5O. The zero-order chi connectivity index (χ0) is 15.4. The minimum absolute atomic E-state index is 0.0175. The maximum absolute atomic E-state index is 5.99. The molecule has 6 heteroatoms. The van der Waals surface area contributed by atoms with Crippen LogP contribution >= 0.6 is 0 Å². The molecule has 5 N–H and O–H groups in total. The molecule has 1 aliphatic heterocycles. The molecule has 0 spiro atoms. The molecule has 0 amide bonds. The fourth-order valence-corrected chi connectivity index (χ4v) is 3.88. The molecule has 1 aromatic rings. The minimum atomic E-state index is 0.0175. The number of H-pyrrole nitrogens is 1. The molecule has 1 atom stereocenters. The molecule has 1 saturated carbocycles. The molecule has 0 aromatic carbocycles. The van der Waals surface area contributed by atoms with Crippen LogP contribution in [0.5, 0.6) is 0 Å². The highest BCUT2D eigenvalue weighted by Gasteiger charge is 2.29. The number of aromatic amines is 1. The lowest BCUT2D eigenvalue weighted by Crippen LogP contribution is -2.44. The van der Waals surface area contributed by atoms with Crippen molar-refractivity contribution < 1.29 is 4.74 Å². The number of morpholine rings is 1. The zero-order valence-corrected chi connectivity index (χ0v) is 13.3. The fourth-order valence-electron chi connectivity index (χ4n) is 3.88. The zero-order valence-electron chi connectivity index (χ0n) is 13.3. The van der Waals surface area contributed by atoms with Crippen LogP contribution in [0, 0.1) is 0 Å². The summed E-state index contributed by atoms with van der Waals surface area (Å²) in [4.78, 5) is 2.61. The molecule has 2 heterocycles. The summed E-state index contributed by atoms with van der Waals surface area (Å²) in [7, 11) is 0. The van der Waals surface area contributed by atoms with Gasteiger partial charge in [-0.2, -0.15) is 5.10 Å². The van der Waals surface area contributed by atoms with Crippen molar-refractivity contribution in [3.63, 3.8) is 0 Å². The molecule has 22 heavy (non-hydrogen) atoms. The predicted molar refractivity (Wildman–Crippen MR) is 86.7 cm³/mol. The van der Waals surface area contributed by atoms with Gasteiger partial charge in [0, 0.05) is 43.8 Å². The highest BCUT2D eigenvalue weighted by Crippen LogP contribution is 2.36. The van der Waals surface area contributed by atoms with E-state index in [1.54, 1.807) is 0 Å². The Labute approximate surface area is 132 Å². The van der Waals surface area contributed by atoms with Crippen LogP contribution in [-0.4, -0.2) is 60.0 Å². The number of rotatable bonds is 5. The Bertz CT molecular complexity index is 449. The van der Waals surface area contributed by atoms with Crippen molar-refractivity contribution in [3.05, 3.63) is 17.5 Å². The molecular weight excluding hydrogens is 278 g/mol. The first kappa shape index (κ1) is 15.9. The summed E-state index contributed by atoms with van der Waals surface area (Å²) in [5, 5.41) is 7.38. The Kier molecular flexibility index (Phi) is 5.46. The van der Waals surface area contributed by atoms with Crippen molar-refractivity contribution in [2.24, 2.45) is 11.5 Å². The second-order valence-corrected chi connectivity index (χ2v) is 6.66. The molecule has 0 radical (unpaired) electrons. The summed E-state index contributed by atoms with van der Waals surface area (Å²) in [5.74, 6) is 0.621. The van der Waals surface area contributed by atoms with E-state index >= 15 is 0 Å². The maximum atomic E-state index is 5.99. The van der Waals surface area contributed by atoms with E-state index < -0.39 is 0 Å². The Morgan fingerprint density at radius 1 is 1.27 bits per heavy atom. The Balaban J connectivity index is 1.56. The molecule has 124 valence electrons. The van der Waals surface area contributed by atoms with E-state index in [0.717, 1.165) is 38.8 Å². The first-order valence-electron chi connectivity index (χ1n) is 8.57. The molecule has 1 aliphatic carbocycles. The third kappa shape index (κ3) is 3.68. The summed E-state index contributed by atoms with van der Waals surface area (Å²) in [6.07, 6.45) is 7.84. The van der Waals surface area contributed by atoms with Gasteiger partial charge in [0.25, 0.3) is 0 Å². The fraction of sp³-hybridized carbons (Fsp3) is 0.812. The first-order chi connectivity index (χ1) is 10.8. The lowest BCUT2D eigenvalue weighted by Gasteiger charge is -2.38. The average Bonchev–Trinajstić information content (AvgIpc) is 3.04. The molecule has 1 saturated heterocycles. The number of hydrogen-bond acceptors (Lipinski definition) is 5. The summed E-state index contributed by atoms with van der Waals surface area (Å²) in [6.45, 7) is 4.49. The number of ether oxygens (including phenoxy) is 1. The van der Waals surface area contributed by atoms with Crippen molar-refractivity contribution in [3.8, 4) is 0 Å². The Morgan fingerprint density at radius 2 is 2.00 bits per heavy atom. The monoisotopic (exact) mass is 307 g/mol. The summed E-state index contributed by atoms with van der Waals surface area (Å²) >= 11 is 0. The largest absolute Gasteiger partial charge is 0.379 e. The maximum Gasteiger partial charge on any atom is 0.0594 e. The minimum Gasteiger partial charge on any atom is -0.379 e. The molecule has 0 bridgehead atoms.